The van der Waals surface area contributed by atoms with Crippen LogP contribution in [-0.4, -0.2) is 16.1 Å². The van der Waals surface area contributed by atoms with Crippen LogP contribution in [0.4, 0.5) is 0 Å². The van der Waals surface area contributed by atoms with E-state index in [1.54, 1.807) is 0 Å². The van der Waals surface area contributed by atoms with Gasteiger partial charge in [0.1, 0.15) is 0 Å². The van der Waals surface area contributed by atoms with E-state index in [4.69, 9.17) is 0 Å². The summed E-state index contributed by atoms with van der Waals surface area (Å²) in [4.78, 5) is 1.28. The molecule has 20 heavy (non-hydrogen) atoms. The number of nitrogens with zero attached hydrogens (tertiary/aromatic N) is 2. The highest BCUT2D eigenvalue weighted by Gasteiger charge is 2.20. The second-order valence-electron chi connectivity index (χ2n) is 5.48. The molecule has 3 nitrogen and oxygen atoms in total. The van der Waals surface area contributed by atoms with Gasteiger partial charge in [0.2, 0.25) is 0 Å². The Morgan fingerprint density at radius 1 is 1.30 bits per heavy atom. The molecule has 1 N–H and O–H groups in total. The predicted octanol–water partition coefficient (Wildman–Crippen LogP) is 3.86. The van der Waals surface area contributed by atoms with Crippen molar-refractivity contribution in [3.05, 3.63) is 46.0 Å². The average Bonchev–Trinajstić information content (AvgIpc) is 2.87. The summed E-state index contributed by atoms with van der Waals surface area (Å²) in [6, 6.07) is 9.02. The van der Waals surface area contributed by atoms with Crippen molar-refractivity contribution in [2.75, 3.05) is 6.54 Å². The number of likely N-dealkylation sites (N-methyl/N-ethyl adjacent to an activating group) is 1. The van der Waals surface area contributed by atoms with Crippen LogP contribution < -0.4 is 5.32 Å². The average molecular weight is 289 g/mol. The molecule has 1 atom stereocenters. The molecule has 1 unspecified atom stereocenters. The first-order valence-corrected chi connectivity index (χ1v) is 8.00. The monoisotopic (exact) mass is 289 g/mol. The van der Waals surface area contributed by atoms with Crippen LogP contribution in [0.25, 0.3) is 0 Å². The molecule has 1 aromatic heterocycles. The van der Waals surface area contributed by atoms with Gasteiger partial charge in [-0.25, -0.2) is 0 Å². The topological polar surface area (TPSA) is 37.8 Å². The molecule has 4 heteroatoms. The van der Waals surface area contributed by atoms with Crippen LogP contribution in [0.3, 0.4) is 0 Å². The molecule has 0 aliphatic carbocycles. The van der Waals surface area contributed by atoms with Crippen LogP contribution >= 0.6 is 11.5 Å². The molecule has 0 spiro atoms. The quantitative estimate of drug-likeness (QED) is 0.877. The normalized spacial score (nSPS) is 12.8. The molecule has 0 fully saturated rings. The lowest BCUT2D eigenvalue weighted by Gasteiger charge is -2.18. The highest BCUT2D eigenvalue weighted by Crippen LogP contribution is 2.28. The molecular weight excluding hydrogens is 266 g/mol. The standard InChI is InChI=1S/C16H23N3S/c1-5-17-14(10-13-8-6-7-12(4)9-13)16-15(11(2)3)18-19-20-16/h6-9,11,14,17H,5,10H2,1-4H3. The number of nitrogens with one attached hydrogen (secondary N) is 1. The zero-order chi connectivity index (χ0) is 14.5. The van der Waals surface area contributed by atoms with Crippen molar-refractivity contribution in [3.63, 3.8) is 0 Å². The second kappa shape index (κ2) is 6.95. The number of hydrogen-bond acceptors (Lipinski definition) is 4. The van der Waals surface area contributed by atoms with Crippen LogP contribution in [0.15, 0.2) is 24.3 Å². The summed E-state index contributed by atoms with van der Waals surface area (Å²) < 4.78 is 4.16. The molecule has 0 radical (unpaired) electrons. The van der Waals surface area contributed by atoms with Gasteiger partial charge in [-0.05, 0) is 42.9 Å². The van der Waals surface area contributed by atoms with Crippen molar-refractivity contribution < 1.29 is 0 Å². The van der Waals surface area contributed by atoms with Gasteiger partial charge in [0.25, 0.3) is 0 Å². The Kier molecular flexibility index (Phi) is 5.26. The number of aromatic nitrogens is 2. The second-order valence-corrected chi connectivity index (χ2v) is 6.27. The van der Waals surface area contributed by atoms with E-state index in [9.17, 15) is 0 Å². The highest BCUT2D eigenvalue weighted by molar-refractivity contribution is 7.05. The first-order valence-electron chi connectivity index (χ1n) is 7.22. The molecule has 0 saturated heterocycles. The minimum Gasteiger partial charge on any atom is -0.309 e. The Bertz CT molecular complexity index is 548. The van der Waals surface area contributed by atoms with E-state index < -0.39 is 0 Å². The fraction of sp³-hybridized carbons (Fsp3) is 0.500. The Morgan fingerprint density at radius 3 is 2.75 bits per heavy atom. The summed E-state index contributed by atoms with van der Waals surface area (Å²) in [5.41, 5.74) is 3.80. The third-order valence-electron chi connectivity index (χ3n) is 3.38. The van der Waals surface area contributed by atoms with Gasteiger partial charge in [0.05, 0.1) is 10.6 Å². The Balaban J connectivity index is 2.24. The molecule has 0 aliphatic heterocycles. The SMILES string of the molecule is CCNC(Cc1cccc(C)c1)c1snnc1C(C)C. The minimum atomic E-state index is 0.305. The van der Waals surface area contributed by atoms with Crippen molar-refractivity contribution in [3.8, 4) is 0 Å². The zero-order valence-electron chi connectivity index (χ0n) is 12.7. The van der Waals surface area contributed by atoms with E-state index in [2.05, 4.69) is 66.9 Å². The van der Waals surface area contributed by atoms with Gasteiger partial charge in [0.15, 0.2) is 0 Å². The van der Waals surface area contributed by atoms with Crippen molar-refractivity contribution in [2.45, 2.75) is 46.1 Å². The summed E-state index contributed by atoms with van der Waals surface area (Å²) in [6.07, 6.45) is 0.985. The molecule has 2 rings (SSSR count). The van der Waals surface area contributed by atoms with E-state index in [1.165, 1.54) is 27.5 Å². The largest absolute Gasteiger partial charge is 0.309 e. The fourth-order valence-electron chi connectivity index (χ4n) is 2.43. The summed E-state index contributed by atoms with van der Waals surface area (Å²) in [6.45, 7) is 9.59. The van der Waals surface area contributed by atoms with Crippen LogP contribution in [0.2, 0.25) is 0 Å². The van der Waals surface area contributed by atoms with Gasteiger partial charge in [-0.3, -0.25) is 0 Å². The maximum Gasteiger partial charge on any atom is 0.0829 e. The lowest BCUT2D eigenvalue weighted by molar-refractivity contribution is 0.549. The van der Waals surface area contributed by atoms with E-state index in [0.717, 1.165) is 18.7 Å². The lowest BCUT2D eigenvalue weighted by Crippen LogP contribution is -2.23. The van der Waals surface area contributed by atoms with Gasteiger partial charge in [-0.1, -0.05) is 55.1 Å². The van der Waals surface area contributed by atoms with Crippen molar-refractivity contribution in [1.29, 1.82) is 0 Å². The molecule has 1 heterocycles. The maximum absolute atomic E-state index is 4.31. The van der Waals surface area contributed by atoms with Crippen LogP contribution in [0.1, 0.15) is 54.4 Å². The molecule has 1 aromatic carbocycles. The van der Waals surface area contributed by atoms with Gasteiger partial charge in [-0.2, -0.15) is 0 Å². The Labute approximate surface area is 125 Å². The Hall–Kier alpha value is -1.26. The minimum absolute atomic E-state index is 0.305. The van der Waals surface area contributed by atoms with Crippen molar-refractivity contribution in [2.24, 2.45) is 0 Å². The predicted molar refractivity (Wildman–Crippen MR) is 85.3 cm³/mol. The highest BCUT2D eigenvalue weighted by atomic mass is 32.1. The third kappa shape index (κ3) is 3.64. The first kappa shape index (κ1) is 15.1. The summed E-state index contributed by atoms with van der Waals surface area (Å²) in [5.74, 6) is 0.419. The lowest BCUT2D eigenvalue weighted by atomic mass is 9.99. The number of aryl methyl sites for hydroxylation is 1. The number of hydrogen-bond donors (Lipinski definition) is 1. The van der Waals surface area contributed by atoms with Crippen LogP contribution in [0, 0.1) is 6.92 Å². The summed E-state index contributed by atoms with van der Waals surface area (Å²) >= 11 is 1.53. The molecule has 0 aliphatic rings. The molecule has 0 amide bonds. The fourth-order valence-corrected chi connectivity index (χ4v) is 3.31. The number of rotatable bonds is 6. The summed E-state index contributed by atoms with van der Waals surface area (Å²) in [5, 5.41) is 7.89. The van der Waals surface area contributed by atoms with E-state index in [-0.39, 0.29) is 0 Å². The van der Waals surface area contributed by atoms with E-state index in [0.29, 0.717) is 12.0 Å². The van der Waals surface area contributed by atoms with Crippen LogP contribution in [-0.2, 0) is 6.42 Å². The molecule has 0 saturated carbocycles. The van der Waals surface area contributed by atoms with Crippen molar-refractivity contribution in [1.82, 2.24) is 14.9 Å². The molecule has 0 bridgehead atoms. The van der Waals surface area contributed by atoms with Crippen LogP contribution in [0.5, 0.6) is 0 Å². The van der Waals surface area contributed by atoms with Crippen molar-refractivity contribution >= 4 is 11.5 Å². The van der Waals surface area contributed by atoms with Gasteiger partial charge in [0, 0.05) is 6.04 Å². The van der Waals surface area contributed by atoms with Gasteiger partial charge < -0.3 is 5.32 Å². The molecule has 108 valence electrons. The van der Waals surface area contributed by atoms with Gasteiger partial charge >= 0.3 is 0 Å². The van der Waals surface area contributed by atoms with E-state index in [1.807, 2.05) is 0 Å². The maximum atomic E-state index is 4.31. The molecule has 2 aromatic rings. The molecular formula is C16H23N3S. The van der Waals surface area contributed by atoms with E-state index >= 15 is 0 Å². The zero-order valence-corrected chi connectivity index (χ0v) is 13.5. The van der Waals surface area contributed by atoms with Gasteiger partial charge in [-0.15, -0.1) is 5.10 Å². The smallest absolute Gasteiger partial charge is 0.0829 e. The summed E-state index contributed by atoms with van der Waals surface area (Å²) in [7, 11) is 0. The first-order chi connectivity index (χ1) is 9.61. The third-order valence-corrected chi connectivity index (χ3v) is 4.23. The number of benzene rings is 1. The Morgan fingerprint density at radius 2 is 2.10 bits per heavy atom.